The molecule has 2 aromatic rings. The summed E-state index contributed by atoms with van der Waals surface area (Å²) < 4.78 is 13.0. The van der Waals surface area contributed by atoms with E-state index in [1.807, 2.05) is 18.2 Å². The topological polar surface area (TPSA) is 47.7 Å². The number of hydrogen-bond donors (Lipinski definition) is 1. The van der Waals surface area contributed by atoms with Gasteiger partial charge in [-0.1, -0.05) is 24.3 Å². The minimum atomic E-state index is 0.00568. The predicted molar refractivity (Wildman–Crippen MR) is 111 cm³/mol. The molecule has 2 aliphatic rings. The summed E-state index contributed by atoms with van der Waals surface area (Å²) in [6, 6.07) is 15.2. The minimum Gasteiger partial charge on any atom is -0.495 e. The summed E-state index contributed by atoms with van der Waals surface area (Å²) in [5, 5.41) is 0. The van der Waals surface area contributed by atoms with Crippen molar-refractivity contribution < 1.29 is 9.47 Å². The number of piperidine rings is 1. The van der Waals surface area contributed by atoms with E-state index in [1.54, 1.807) is 7.11 Å². The van der Waals surface area contributed by atoms with Gasteiger partial charge in [-0.05, 0) is 71.4 Å². The van der Waals surface area contributed by atoms with Crippen molar-refractivity contribution >= 4 is 15.9 Å². The van der Waals surface area contributed by atoms with Crippen molar-refractivity contribution in [2.24, 2.45) is 5.73 Å². The molecule has 4 nitrogen and oxygen atoms in total. The van der Waals surface area contributed by atoms with Gasteiger partial charge in [-0.3, -0.25) is 4.90 Å². The highest BCUT2D eigenvalue weighted by atomic mass is 79.9. The van der Waals surface area contributed by atoms with Gasteiger partial charge in [0.25, 0.3) is 0 Å². The molecule has 27 heavy (non-hydrogen) atoms. The lowest BCUT2D eigenvalue weighted by atomic mass is 9.84. The Morgan fingerprint density at radius 3 is 2.81 bits per heavy atom. The molecule has 2 unspecified atom stereocenters. The smallest absolute Gasteiger partial charge is 0.139 e. The zero-order valence-electron chi connectivity index (χ0n) is 15.7. The molecule has 144 valence electrons. The Morgan fingerprint density at radius 2 is 2.00 bits per heavy atom. The van der Waals surface area contributed by atoms with Gasteiger partial charge in [0.2, 0.25) is 0 Å². The normalized spacial score (nSPS) is 25.7. The number of rotatable bonds is 4. The van der Waals surface area contributed by atoms with Gasteiger partial charge >= 0.3 is 0 Å². The van der Waals surface area contributed by atoms with E-state index in [1.165, 1.54) is 11.1 Å². The van der Waals surface area contributed by atoms with Gasteiger partial charge in [0.1, 0.15) is 17.6 Å². The lowest BCUT2D eigenvalue weighted by Crippen LogP contribution is -2.51. The molecule has 0 saturated carbocycles. The molecule has 0 bridgehead atoms. The molecule has 1 fully saturated rings. The summed E-state index contributed by atoms with van der Waals surface area (Å²) in [4.78, 5) is 2.55. The van der Waals surface area contributed by atoms with Crippen molar-refractivity contribution in [3.63, 3.8) is 0 Å². The number of methoxy groups -OCH3 is 1. The Bertz CT molecular complexity index is 798. The van der Waals surface area contributed by atoms with E-state index in [2.05, 4.69) is 45.1 Å². The number of aryl methyl sites for hydroxylation is 1. The van der Waals surface area contributed by atoms with Crippen LogP contribution in [-0.2, 0) is 6.42 Å². The monoisotopic (exact) mass is 430 g/mol. The average molecular weight is 431 g/mol. The highest BCUT2D eigenvalue weighted by Gasteiger charge is 2.36. The first-order valence-electron chi connectivity index (χ1n) is 9.73. The number of nitrogens with two attached hydrogens (primary N) is 1. The van der Waals surface area contributed by atoms with Crippen molar-refractivity contribution in [3.05, 3.63) is 58.1 Å². The number of hydrogen-bond acceptors (Lipinski definition) is 4. The largest absolute Gasteiger partial charge is 0.495 e. The van der Waals surface area contributed by atoms with E-state index in [0.29, 0.717) is 6.04 Å². The Balaban J connectivity index is 1.66. The Hall–Kier alpha value is -1.56. The van der Waals surface area contributed by atoms with Crippen molar-refractivity contribution in [3.8, 4) is 11.5 Å². The lowest BCUT2D eigenvalue weighted by molar-refractivity contribution is 0.0366. The average Bonchev–Trinajstić information content (AvgIpc) is 2.69. The molecule has 2 aromatic carbocycles. The number of fused-ring (bicyclic) bond motifs is 1. The van der Waals surface area contributed by atoms with Gasteiger partial charge in [-0.2, -0.15) is 0 Å². The maximum atomic E-state index is 6.60. The molecular weight excluding hydrogens is 404 g/mol. The van der Waals surface area contributed by atoms with Crippen LogP contribution in [0.5, 0.6) is 11.5 Å². The van der Waals surface area contributed by atoms with Gasteiger partial charge < -0.3 is 15.2 Å². The fourth-order valence-corrected chi connectivity index (χ4v) is 4.83. The molecule has 0 amide bonds. The molecule has 1 heterocycles. The second-order valence-electron chi connectivity index (χ2n) is 7.54. The number of ether oxygens (including phenoxy) is 2. The van der Waals surface area contributed by atoms with Gasteiger partial charge in [-0.25, -0.2) is 0 Å². The highest BCUT2D eigenvalue weighted by Crippen LogP contribution is 2.39. The van der Waals surface area contributed by atoms with Crippen molar-refractivity contribution in [2.75, 3.05) is 20.2 Å². The van der Waals surface area contributed by atoms with E-state index in [0.717, 1.165) is 54.7 Å². The number of likely N-dealkylation sites (tertiary alicyclic amines) is 1. The first-order valence-corrected chi connectivity index (χ1v) is 10.5. The van der Waals surface area contributed by atoms with Crippen molar-refractivity contribution in [1.29, 1.82) is 0 Å². The molecule has 1 saturated heterocycles. The highest BCUT2D eigenvalue weighted by molar-refractivity contribution is 9.10. The third-order valence-electron chi connectivity index (χ3n) is 5.76. The molecule has 0 radical (unpaired) electrons. The molecule has 2 N–H and O–H groups in total. The third kappa shape index (κ3) is 4.00. The molecule has 0 aromatic heterocycles. The zero-order chi connectivity index (χ0) is 18.8. The second kappa shape index (κ2) is 8.21. The molecule has 3 atom stereocenters. The Labute approximate surface area is 169 Å². The van der Waals surface area contributed by atoms with Gasteiger partial charge in [0.05, 0.1) is 17.6 Å². The van der Waals surface area contributed by atoms with E-state index < -0.39 is 0 Å². The van der Waals surface area contributed by atoms with Crippen LogP contribution in [-0.4, -0.2) is 37.2 Å². The predicted octanol–water partition coefficient (Wildman–Crippen LogP) is 4.32. The van der Waals surface area contributed by atoms with Gasteiger partial charge in [0, 0.05) is 18.7 Å². The molecule has 1 aliphatic carbocycles. The molecule has 5 heteroatoms. The van der Waals surface area contributed by atoms with E-state index in [-0.39, 0.29) is 12.1 Å². The Kier molecular flexibility index (Phi) is 5.71. The van der Waals surface area contributed by atoms with Crippen LogP contribution in [0.15, 0.2) is 46.9 Å². The van der Waals surface area contributed by atoms with Crippen LogP contribution in [0.25, 0.3) is 0 Å². The summed E-state index contributed by atoms with van der Waals surface area (Å²) >= 11 is 3.52. The van der Waals surface area contributed by atoms with Crippen LogP contribution in [0.2, 0.25) is 0 Å². The first kappa shape index (κ1) is 18.8. The van der Waals surface area contributed by atoms with Crippen molar-refractivity contribution in [1.82, 2.24) is 4.90 Å². The number of halogens is 1. The number of benzene rings is 2. The Morgan fingerprint density at radius 1 is 1.15 bits per heavy atom. The van der Waals surface area contributed by atoms with Crippen molar-refractivity contribution in [2.45, 2.75) is 43.9 Å². The quantitative estimate of drug-likeness (QED) is 0.784. The first-order chi connectivity index (χ1) is 13.2. The van der Waals surface area contributed by atoms with Crippen LogP contribution in [0.1, 0.15) is 36.5 Å². The third-order valence-corrected chi connectivity index (χ3v) is 6.42. The summed E-state index contributed by atoms with van der Waals surface area (Å²) in [6.45, 7) is 2.06. The van der Waals surface area contributed by atoms with Crippen LogP contribution < -0.4 is 15.2 Å². The second-order valence-corrected chi connectivity index (χ2v) is 8.39. The van der Waals surface area contributed by atoms with E-state index >= 15 is 0 Å². The summed E-state index contributed by atoms with van der Waals surface area (Å²) in [7, 11) is 1.68. The zero-order valence-corrected chi connectivity index (χ0v) is 17.3. The molecule has 0 spiro atoms. The maximum Gasteiger partial charge on any atom is 0.139 e. The lowest BCUT2D eigenvalue weighted by Gasteiger charge is -2.43. The van der Waals surface area contributed by atoms with E-state index in [4.69, 9.17) is 15.2 Å². The summed E-state index contributed by atoms with van der Waals surface area (Å²) in [5.74, 6) is 1.62. The van der Waals surface area contributed by atoms with Crippen LogP contribution in [0, 0.1) is 0 Å². The summed E-state index contributed by atoms with van der Waals surface area (Å²) in [6.07, 6.45) is 4.48. The minimum absolute atomic E-state index is 0.00568. The van der Waals surface area contributed by atoms with E-state index in [9.17, 15) is 0 Å². The fraction of sp³-hybridized carbons (Fsp3) is 0.455. The van der Waals surface area contributed by atoms with Crippen LogP contribution in [0.3, 0.4) is 0 Å². The molecule has 4 rings (SSSR count). The molecular formula is C22H27BrN2O2. The van der Waals surface area contributed by atoms with Crippen LogP contribution >= 0.6 is 15.9 Å². The SMILES string of the molecule is COc1cc(OC2c3ccccc3CCC2N2CCC[C@@H](N)C2)ccc1Br. The van der Waals surface area contributed by atoms with Gasteiger partial charge in [-0.15, -0.1) is 0 Å². The maximum absolute atomic E-state index is 6.60. The number of nitrogens with zero attached hydrogens (tertiary/aromatic N) is 1. The van der Waals surface area contributed by atoms with Crippen LogP contribution in [0.4, 0.5) is 0 Å². The standard InChI is InChI=1S/C22H27BrN2O2/c1-26-21-13-17(9-10-19(21)23)27-22-18-7-3-2-5-15(18)8-11-20(22)25-12-4-6-16(24)14-25/h2-3,5,7,9-10,13,16,20,22H,4,6,8,11-12,14,24H2,1H3/t16-,20?,22?/m1/s1. The summed E-state index contributed by atoms with van der Waals surface area (Å²) in [5.41, 5.74) is 8.97. The van der Waals surface area contributed by atoms with Gasteiger partial charge in [0.15, 0.2) is 0 Å². The molecule has 1 aliphatic heterocycles. The fourth-order valence-electron chi connectivity index (χ4n) is 4.42.